The number of aromatic amines is 1. The average Bonchev–Trinajstić information content (AvgIpc) is 2.96. The molecule has 1 unspecified atom stereocenters. The van der Waals surface area contributed by atoms with E-state index < -0.39 is 0 Å². The molecule has 3 aromatic rings. The fourth-order valence-corrected chi connectivity index (χ4v) is 2.28. The third-order valence-electron chi connectivity index (χ3n) is 3.53. The van der Waals surface area contributed by atoms with Crippen molar-refractivity contribution in [2.24, 2.45) is 5.73 Å². The molecule has 0 saturated carbocycles. The number of nitrogens with one attached hydrogen (secondary N) is 1. The van der Waals surface area contributed by atoms with Gasteiger partial charge in [0.25, 0.3) is 0 Å². The van der Waals surface area contributed by atoms with Gasteiger partial charge in [0, 0.05) is 24.2 Å². The van der Waals surface area contributed by atoms with Gasteiger partial charge >= 0.3 is 0 Å². The topological polar surface area (TPSA) is 80.5 Å². The van der Waals surface area contributed by atoms with Crippen molar-refractivity contribution in [2.45, 2.75) is 19.3 Å². The predicted octanol–water partition coefficient (Wildman–Crippen LogP) is 2.47. The molecule has 5 nitrogen and oxygen atoms in total. The minimum atomic E-state index is 0.214. The van der Waals surface area contributed by atoms with E-state index in [2.05, 4.69) is 32.9 Å². The summed E-state index contributed by atoms with van der Waals surface area (Å²) in [5.74, 6) is 1.03. The van der Waals surface area contributed by atoms with Gasteiger partial charge in [-0.2, -0.15) is 0 Å². The molecule has 3 N–H and O–H groups in total. The van der Waals surface area contributed by atoms with Crippen molar-refractivity contribution >= 4 is 11.0 Å². The molecule has 20 heavy (non-hydrogen) atoms. The molecule has 0 spiro atoms. The van der Waals surface area contributed by atoms with Gasteiger partial charge < -0.3 is 10.7 Å². The fraction of sp³-hybridized carbons (Fsp3) is 0.267. The number of benzene rings is 1. The van der Waals surface area contributed by atoms with Crippen molar-refractivity contribution < 1.29 is 0 Å². The second-order valence-corrected chi connectivity index (χ2v) is 4.78. The Balaban J connectivity index is 2.02. The van der Waals surface area contributed by atoms with Crippen LogP contribution in [0.1, 0.15) is 25.1 Å². The number of fused-ring (bicyclic) bond motifs is 1. The lowest BCUT2D eigenvalue weighted by molar-refractivity contribution is 0.631. The second kappa shape index (κ2) is 5.38. The highest BCUT2D eigenvalue weighted by molar-refractivity contribution is 5.80. The van der Waals surface area contributed by atoms with Gasteiger partial charge in [-0.15, -0.1) is 0 Å². The van der Waals surface area contributed by atoms with Crippen molar-refractivity contribution in [2.75, 3.05) is 6.54 Å². The van der Waals surface area contributed by atoms with Crippen LogP contribution in [0.15, 0.2) is 36.8 Å². The summed E-state index contributed by atoms with van der Waals surface area (Å²) < 4.78 is 0. The number of rotatable bonds is 4. The molecule has 2 heterocycles. The van der Waals surface area contributed by atoms with Crippen molar-refractivity contribution in [3.05, 3.63) is 42.6 Å². The molecule has 5 heteroatoms. The average molecular weight is 267 g/mol. The van der Waals surface area contributed by atoms with E-state index in [1.165, 1.54) is 0 Å². The molecule has 0 saturated heterocycles. The highest BCUT2D eigenvalue weighted by atomic mass is 14.9. The van der Waals surface area contributed by atoms with Crippen LogP contribution in [0, 0.1) is 0 Å². The Labute approximate surface area is 117 Å². The normalized spacial score (nSPS) is 12.7. The third-order valence-corrected chi connectivity index (χ3v) is 3.53. The molecule has 1 aromatic carbocycles. The lowest BCUT2D eigenvalue weighted by Crippen LogP contribution is -2.14. The largest absolute Gasteiger partial charge is 0.345 e. The smallest absolute Gasteiger partial charge is 0.133 e. The van der Waals surface area contributed by atoms with Gasteiger partial charge in [0.1, 0.15) is 5.82 Å². The maximum absolute atomic E-state index is 5.77. The van der Waals surface area contributed by atoms with Gasteiger partial charge in [0.15, 0.2) is 0 Å². The summed E-state index contributed by atoms with van der Waals surface area (Å²) in [6.45, 7) is 2.67. The summed E-state index contributed by atoms with van der Waals surface area (Å²) in [7, 11) is 0. The summed E-state index contributed by atoms with van der Waals surface area (Å²) in [6.07, 6.45) is 4.44. The Morgan fingerprint density at radius 2 is 2.15 bits per heavy atom. The van der Waals surface area contributed by atoms with Gasteiger partial charge in [-0.05, 0) is 24.6 Å². The first-order valence-corrected chi connectivity index (χ1v) is 6.78. The lowest BCUT2D eigenvalue weighted by Gasteiger charge is -2.11. The predicted molar refractivity (Wildman–Crippen MR) is 79.2 cm³/mol. The standard InChI is InChI=1S/C15H17N5/c1-2-10(8-16)15-17-6-5-12(20-15)11-3-4-13-14(7-11)19-9-18-13/h3-7,9-10H,2,8,16H2,1H3,(H,18,19). The molecule has 0 aliphatic carbocycles. The Morgan fingerprint density at radius 3 is 2.95 bits per heavy atom. The Bertz CT molecular complexity index is 715. The second-order valence-electron chi connectivity index (χ2n) is 4.78. The van der Waals surface area contributed by atoms with Crippen LogP contribution in [0.3, 0.4) is 0 Å². The van der Waals surface area contributed by atoms with Crippen LogP contribution in [0.25, 0.3) is 22.3 Å². The van der Waals surface area contributed by atoms with Crippen LogP contribution in [0.2, 0.25) is 0 Å². The number of imidazole rings is 1. The molecule has 0 amide bonds. The number of nitrogens with zero attached hydrogens (tertiary/aromatic N) is 3. The zero-order chi connectivity index (χ0) is 13.9. The number of H-pyrrole nitrogens is 1. The third kappa shape index (κ3) is 2.28. The van der Waals surface area contributed by atoms with Gasteiger partial charge in [-0.1, -0.05) is 13.0 Å². The van der Waals surface area contributed by atoms with E-state index in [0.29, 0.717) is 6.54 Å². The first-order chi connectivity index (χ1) is 9.81. The molecule has 0 radical (unpaired) electrons. The molecule has 1 atom stereocenters. The van der Waals surface area contributed by atoms with Gasteiger partial charge in [-0.25, -0.2) is 15.0 Å². The van der Waals surface area contributed by atoms with Gasteiger partial charge in [0.2, 0.25) is 0 Å². The van der Waals surface area contributed by atoms with E-state index in [1.807, 2.05) is 18.2 Å². The van der Waals surface area contributed by atoms with Crippen LogP contribution in [-0.2, 0) is 0 Å². The monoisotopic (exact) mass is 267 g/mol. The van der Waals surface area contributed by atoms with Crippen LogP contribution in [0.4, 0.5) is 0 Å². The number of nitrogens with two attached hydrogens (primary N) is 1. The van der Waals surface area contributed by atoms with Crippen LogP contribution in [0.5, 0.6) is 0 Å². The van der Waals surface area contributed by atoms with Gasteiger partial charge in [0.05, 0.1) is 23.1 Å². The molecule has 0 aliphatic heterocycles. The highest BCUT2D eigenvalue weighted by Crippen LogP contribution is 2.22. The van der Waals surface area contributed by atoms with Crippen molar-refractivity contribution in [3.8, 4) is 11.3 Å². The van der Waals surface area contributed by atoms with Crippen molar-refractivity contribution in [1.82, 2.24) is 19.9 Å². The Hall–Kier alpha value is -2.27. The molecule has 2 aromatic heterocycles. The quantitative estimate of drug-likeness (QED) is 0.761. The summed E-state index contributed by atoms with van der Waals surface area (Å²) in [4.78, 5) is 16.3. The minimum Gasteiger partial charge on any atom is -0.345 e. The van der Waals surface area contributed by atoms with E-state index in [0.717, 1.165) is 34.5 Å². The van der Waals surface area contributed by atoms with E-state index >= 15 is 0 Å². The van der Waals surface area contributed by atoms with Crippen molar-refractivity contribution in [3.63, 3.8) is 0 Å². The zero-order valence-electron chi connectivity index (χ0n) is 11.4. The number of hydrogen-bond donors (Lipinski definition) is 2. The molecule has 0 aliphatic rings. The number of aromatic nitrogens is 4. The maximum atomic E-state index is 5.77. The van der Waals surface area contributed by atoms with E-state index in [4.69, 9.17) is 5.73 Å². The molecule has 0 bridgehead atoms. The lowest BCUT2D eigenvalue weighted by atomic mass is 10.1. The summed E-state index contributed by atoms with van der Waals surface area (Å²) >= 11 is 0. The first kappa shape index (κ1) is 12.7. The summed E-state index contributed by atoms with van der Waals surface area (Å²) in [5, 5.41) is 0. The minimum absolute atomic E-state index is 0.214. The first-order valence-electron chi connectivity index (χ1n) is 6.78. The van der Waals surface area contributed by atoms with Crippen LogP contribution in [-0.4, -0.2) is 26.5 Å². The van der Waals surface area contributed by atoms with Crippen LogP contribution < -0.4 is 5.73 Å². The van der Waals surface area contributed by atoms with E-state index in [9.17, 15) is 0 Å². The molecular formula is C15H17N5. The maximum Gasteiger partial charge on any atom is 0.133 e. The molecule has 3 rings (SSSR count). The van der Waals surface area contributed by atoms with E-state index in [1.54, 1.807) is 12.5 Å². The zero-order valence-corrected chi connectivity index (χ0v) is 11.4. The van der Waals surface area contributed by atoms with Crippen LogP contribution >= 0.6 is 0 Å². The Morgan fingerprint density at radius 1 is 1.25 bits per heavy atom. The summed E-state index contributed by atoms with van der Waals surface area (Å²) in [6, 6.07) is 7.99. The highest BCUT2D eigenvalue weighted by Gasteiger charge is 2.12. The number of hydrogen-bond acceptors (Lipinski definition) is 4. The summed E-state index contributed by atoms with van der Waals surface area (Å²) in [5.41, 5.74) is 9.70. The SMILES string of the molecule is CCC(CN)c1nccc(-c2ccc3nc[nH]c3c2)n1. The van der Waals surface area contributed by atoms with E-state index in [-0.39, 0.29) is 5.92 Å². The fourth-order valence-electron chi connectivity index (χ4n) is 2.28. The Kier molecular flexibility index (Phi) is 3.43. The van der Waals surface area contributed by atoms with Gasteiger partial charge in [-0.3, -0.25) is 0 Å². The molecule has 102 valence electrons. The van der Waals surface area contributed by atoms with Crippen molar-refractivity contribution in [1.29, 1.82) is 0 Å². The molecular weight excluding hydrogens is 250 g/mol. The molecule has 0 fully saturated rings.